The minimum absolute atomic E-state index is 0.157. The normalized spacial score (nSPS) is 15.4. The molecule has 0 radical (unpaired) electrons. The van der Waals surface area contributed by atoms with E-state index < -0.39 is 6.17 Å². The smallest absolute Gasteiger partial charge is 0.270 e. The van der Waals surface area contributed by atoms with Gasteiger partial charge in [0.1, 0.15) is 17.6 Å². The van der Waals surface area contributed by atoms with Gasteiger partial charge in [-0.2, -0.15) is 5.10 Å². The second-order valence-corrected chi connectivity index (χ2v) is 6.87. The summed E-state index contributed by atoms with van der Waals surface area (Å²) >= 11 is 0. The zero-order valence-electron chi connectivity index (χ0n) is 16.0. The van der Waals surface area contributed by atoms with Crippen molar-refractivity contribution in [3.8, 4) is 17.0 Å². The van der Waals surface area contributed by atoms with E-state index in [0.717, 1.165) is 37.2 Å². The molecule has 3 aromatic rings. The molecule has 1 fully saturated rings. The topological polar surface area (TPSA) is 91.0 Å². The molecule has 146 valence electrons. The third-order valence-corrected chi connectivity index (χ3v) is 5.02. The molecular formula is C19H23N7O2. The van der Waals surface area contributed by atoms with Gasteiger partial charge in [-0.15, -0.1) is 5.10 Å². The number of anilines is 1. The Labute approximate surface area is 162 Å². The van der Waals surface area contributed by atoms with E-state index in [2.05, 4.69) is 25.3 Å². The lowest BCUT2D eigenvalue weighted by Crippen LogP contribution is -2.34. The maximum atomic E-state index is 12.6. The van der Waals surface area contributed by atoms with Crippen molar-refractivity contribution in [2.45, 2.75) is 32.4 Å². The Hall–Kier alpha value is -3.23. The second-order valence-electron chi connectivity index (χ2n) is 6.87. The third kappa shape index (κ3) is 3.60. The van der Waals surface area contributed by atoms with Crippen molar-refractivity contribution < 1.29 is 4.74 Å². The maximum Gasteiger partial charge on any atom is 0.270 e. The van der Waals surface area contributed by atoms with Crippen molar-refractivity contribution in [2.24, 2.45) is 0 Å². The number of pyridine rings is 1. The van der Waals surface area contributed by atoms with Gasteiger partial charge in [-0.25, -0.2) is 9.36 Å². The monoisotopic (exact) mass is 381 g/mol. The summed E-state index contributed by atoms with van der Waals surface area (Å²) in [5, 5.41) is 12.7. The van der Waals surface area contributed by atoms with Gasteiger partial charge in [-0.05, 0) is 32.3 Å². The average Bonchev–Trinajstić information content (AvgIpc) is 3.24. The van der Waals surface area contributed by atoms with Crippen LogP contribution < -0.4 is 15.2 Å². The summed E-state index contributed by atoms with van der Waals surface area (Å²) in [4.78, 5) is 19.0. The molecule has 1 atom stereocenters. The van der Waals surface area contributed by atoms with Crippen molar-refractivity contribution >= 4 is 5.69 Å². The lowest BCUT2D eigenvalue weighted by molar-refractivity contribution is 0.366. The van der Waals surface area contributed by atoms with Crippen LogP contribution in [0.2, 0.25) is 0 Å². The quantitative estimate of drug-likeness (QED) is 0.667. The highest BCUT2D eigenvalue weighted by molar-refractivity contribution is 5.58. The average molecular weight is 381 g/mol. The largest absolute Gasteiger partial charge is 0.495 e. The highest BCUT2D eigenvalue weighted by Crippen LogP contribution is 2.21. The van der Waals surface area contributed by atoms with Crippen molar-refractivity contribution in [1.29, 1.82) is 0 Å². The standard InChI is InChI=1S/C19H23N7O2/c1-14(25-13-18(22-23-25)15-8-17(28-2)12-20-10-15)26-19(27)9-16(11-21-26)24-6-4-3-5-7-24/h8-14H,3-7H2,1-2H3. The number of rotatable bonds is 5. The first-order chi connectivity index (χ1) is 13.7. The predicted molar refractivity (Wildman–Crippen MR) is 104 cm³/mol. The fourth-order valence-electron chi connectivity index (χ4n) is 3.39. The number of hydrogen-bond donors (Lipinski definition) is 0. The molecule has 0 saturated carbocycles. The Balaban J connectivity index is 1.57. The van der Waals surface area contributed by atoms with E-state index in [1.54, 1.807) is 42.6 Å². The molecule has 9 nitrogen and oxygen atoms in total. The van der Waals surface area contributed by atoms with Gasteiger partial charge < -0.3 is 9.64 Å². The Morgan fingerprint density at radius 2 is 1.93 bits per heavy atom. The Kier molecular flexibility index (Phi) is 5.05. The van der Waals surface area contributed by atoms with Crippen LogP contribution in [0.25, 0.3) is 11.3 Å². The number of nitrogens with zero attached hydrogens (tertiary/aromatic N) is 7. The molecule has 0 bridgehead atoms. The van der Waals surface area contributed by atoms with Crippen LogP contribution in [-0.4, -0.2) is 50.0 Å². The molecule has 1 unspecified atom stereocenters. The van der Waals surface area contributed by atoms with Gasteiger partial charge in [-0.1, -0.05) is 5.21 Å². The fraction of sp³-hybridized carbons (Fsp3) is 0.421. The van der Waals surface area contributed by atoms with Crippen LogP contribution in [0.4, 0.5) is 5.69 Å². The fourth-order valence-corrected chi connectivity index (χ4v) is 3.39. The molecule has 0 N–H and O–H groups in total. The van der Waals surface area contributed by atoms with Crippen molar-refractivity contribution in [3.05, 3.63) is 47.3 Å². The van der Waals surface area contributed by atoms with Crippen LogP contribution in [0.15, 0.2) is 41.7 Å². The third-order valence-electron chi connectivity index (χ3n) is 5.02. The predicted octanol–water partition coefficient (Wildman–Crippen LogP) is 1.96. The van der Waals surface area contributed by atoms with Gasteiger partial charge >= 0.3 is 0 Å². The molecule has 0 spiro atoms. The van der Waals surface area contributed by atoms with E-state index in [9.17, 15) is 4.79 Å². The number of ether oxygens (including phenoxy) is 1. The van der Waals surface area contributed by atoms with E-state index in [4.69, 9.17) is 4.74 Å². The minimum atomic E-state index is -0.400. The minimum Gasteiger partial charge on any atom is -0.495 e. The van der Waals surface area contributed by atoms with E-state index in [0.29, 0.717) is 11.4 Å². The van der Waals surface area contributed by atoms with Gasteiger partial charge in [0, 0.05) is 30.9 Å². The molecule has 28 heavy (non-hydrogen) atoms. The number of piperidine rings is 1. The first kappa shape index (κ1) is 18.1. The first-order valence-electron chi connectivity index (χ1n) is 9.41. The van der Waals surface area contributed by atoms with Crippen LogP contribution in [0.3, 0.4) is 0 Å². The number of aromatic nitrogens is 6. The molecule has 1 aliphatic heterocycles. The molecule has 4 rings (SSSR count). The molecule has 1 aliphatic rings. The molecule has 0 amide bonds. The van der Waals surface area contributed by atoms with Gasteiger partial charge in [-0.3, -0.25) is 9.78 Å². The zero-order chi connectivity index (χ0) is 19.5. The van der Waals surface area contributed by atoms with E-state index in [-0.39, 0.29) is 5.56 Å². The highest BCUT2D eigenvalue weighted by atomic mass is 16.5. The SMILES string of the molecule is COc1cncc(-c2cn(C(C)n3ncc(N4CCCCC4)cc3=O)nn2)c1. The first-order valence-corrected chi connectivity index (χ1v) is 9.41. The molecule has 0 aliphatic carbocycles. The number of hydrogen-bond acceptors (Lipinski definition) is 7. The van der Waals surface area contributed by atoms with Crippen molar-refractivity contribution in [3.63, 3.8) is 0 Å². The van der Waals surface area contributed by atoms with Crippen molar-refractivity contribution in [1.82, 2.24) is 29.8 Å². The van der Waals surface area contributed by atoms with Crippen LogP contribution in [-0.2, 0) is 0 Å². The molecule has 4 heterocycles. The molecule has 1 saturated heterocycles. The Morgan fingerprint density at radius 3 is 2.68 bits per heavy atom. The molecule has 0 aromatic carbocycles. The molecular weight excluding hydrogens is 358 g/mol. The van der Waals surface area contributed by atoms with Crippen LogP contribution in [0, 0.1) is 0 Å². The molecule has 9 heteroatoms. The van der Waals surface area contributed by atoms with Crippen LogP contribution in [0.1, 0.15) is 32.4 Å². The van der Waals surface area contributed by atoms with E-state index in [1.807, 2.05) is 13.0 Å². The van der Waals surface area contributed by atoms with Crippen LogP contribution in [0.5, 0.6) is 5.75 Å². The summed E-state index contributed by atoms with van der Waals surface area (Å²) < 4.78 is 8.23. The lowest BCUT2D eigenvalue weighted by Gasteiger charge is -2.28. The van der Waals surface area contributed by atoms with Crippen molar-refractivity contribution in [2.75, 3.05) is 25.1 Å². The van der Waals surface area contributed by atoms with Gasteiger partial charge in [0.25, 0.3) is 5.56 Å². The summed E-state index contributed by atoms with van der Waals surface area (Å²) in [6, 6.07) is 3.49. The van der Waals surface area contributed by atoms with E-state index >= 15 is 0 Å². The van der Waals surface area contributed by atoms with E-state index in [1.165, 1.54) is 11.1 Å². The number of methoxy groups -OCH3 is 1. The summed E-state index contributed by atoms with van der Waals surface area (Å²) in [6.07, 6.45) is 10.0. The highest BCUT2D eigenvalue weighted by Gasteiger charge is 2.17. The second kappa shape index (κ2) is 7.79. The summed E-state index contributed by atoms with van der Waals surface area (Å²) in [5.41, 5.74) is 2.17. The Morgan fingerprint density at radius 1 is 1.11 bits per heavy atom. The lowest BCUT2D eigenvalue weighted by atomic mass is 10.1. The zero-order valence-corrected chi connectivity index (χ0v) is 16.0. The maximum absolute atomic E-state index is 12.6. The van der Waals surface area contributed by atoms with Gasteiger partial charge in [0.15, 0.2) is 0 Å². The summed E-state index contributed by atoms with van der Waals surface area (Å²) in [7, 11) is 1.59. The molecule has 3 aromatic heterocycles. The summed E-state index contributed by atoms with van der Waals surface area (Å²) in [5.74, 6) is 0.645. The summed E-state index contributed by atoms with van der Waals surface area (Å²) in [6.45, 7) is 3.81. The van der Waals surface area contributed by atoms with Gasteiger partial charge in [0.05, 0.1) is 31.4 Å². The van der Waals surface area contributed by atoms with Gasteiger partial charge in [0.2, 0.25) is 0 Å². The Bertz CT molecular complexity index is 1010. The van der Waals surface area contributed by atoms with Crippen LogP contribution >= 0.6 is 0 Å².